The number of rotatable bonds is 3. The van der Waals surface area contributed by atoms with E-state index >= 15 is 0 Å². The highest BCUT2D eigenvalue weighted by Gasteiger charge is 2.18. The van der Waals surface area contributed by atoms with E-state index < -0.39 is 0 Å². The fourth-order valence-corrected chi connectivity index (χ4v) is 2.30. The molecule has 1 amide bonds. The number of hydrogen-bond acceptors (Lipinski definition) is 4. The predicted octanol–water partition coefficient (Wildman–Crippen LogP) is 1.22. The van der Waals surface area contributed by atoms with Crippen molar-refractivity contribution in [3.63, 3.8) is 0 Å². The Hall–Kier alpha value is -1.75. The van der Waals surface area contributed by atoms with Crippen molar-refractivity contribution < 1.29 is 15.0 Å². The molecule has 0 aliphatic carbocycles. The molecule has 1 fully saturated rings. The molecule has 1 aromatic rings. The fourth-order valence-electron chi connectivity index (χ4n) is 2.30. The third-order valence-electron chi connectivity index (χ3n) is 3.48. The maximum Gasteiger partial charge on any atom is 0.251 e. The van der Waals surface area contributed by atoms with Crippen molar-refractivity contribution in [2.45, 2.75) is 25.8 Å². The molecule has 2 atom stereocenters. The van der Waals surface area contributed by atoms with Crippen LogP contribution in [0.5, 0.6) is 11.5 Å². The third kappa shape index (κ3) is 3.86. The quantitative estimate of drug-likeness (QED) is 0.661. The highest BCUT2D eigenvalue weighted by atomic mass is 16.3. The first-order chi connectivity index (χ1) is 9.04. The van der Waals surface area contributed by atoms with Crippen LogP contribution in [0.1, 0.15) is 30.1 Å². The Balaban J connectivity index is 1.87. The van der Waals surface area contributed by atoms with Crippen LogP contribution < -0.4 is 10.6 Å². The van der Waals surface area contributed by atoms with Crippen LogP contribution >= 0.6 is 0 Å². The summed E-state index contributed by atoms with van der Waals surface area (Å²) in [6.45, 7) is 3.67. The molecule has 1 heterocycles. The summed E-state index contributed by atoms with van der Waals surface area (Å²) < 4.78 is 0. The lowest BCUT2D eigenvalue weighted by Gasteiger charge is -2.27. The van der Waals surface area contributed by atoms with Gasteiger partial charge in [0.25, 0.3) is 5.91 Å². The monoisotopic (exact) mass is 264 g/mol. The van der Waals surface area contributed by atoms with Crippen molar-refractivity contribution >= 4 is 5.91 Å². The summed E-state index contributed by atoms with van der Waals surface area (Å²) in [6, 6.07) is 4.44. The Morgan fingerprint density at radius 3 is 2.58 bits per heavy atom. The van der Waals surface area contributed by atoms with E-state index in [0.717, 1.165) is 19.4 Å². The molecule has 0 bridgehead atoms. The minimum absolute atomic E-state index is 0.113. The second-order valence-electron chi connectivity index (χ2n) is 5.20. The molecule has 2 rings (SSSR count). The number of phenols is 2. The standard InChI is InChI=1S/C14H20N2O3/c1-9-2-3-10(7-15-9)8-16-14(19)11-4-12(17)6-13(18)5-11/h4-6,9-10,15,17-18H,2-3,7-8H2,1H3,(H,16,19). The number of piperidine rings is 1. The Morgan fingerprint density at radius 1 is 1.32 bits per heavy atom. The average molecular weight is 264 g/mol. The number of amides is 1. The molecular formula is C14H20N2O3. The van der Waals surface area contributed by atoms with Gasteiger partial charge < -0.3 is 20.8 Å². The van der Waals surface area contributed by atoms with Gasteiger partial charge in [-0.25, -0.2) is 0 Å². The maximum absolute atomic E-state index is 11.9. The number of carbonyl (C=O) groups is 1. The van der Waals surface area contributed by atoms with Crippen LogP contribution in [-0.2, 0) is 0 Å². The molecule has 1 aliphatic heterocycles. The summed E-state index contributed by atoms with van der Waals surface area (Å²) in [5, 5.41) is 24.9. The van der Waals surface area contributed by atoms with Crippen LogP contribution in [0.3, 0.4) is 0 Å². The van der Waals surface area contributed by atoms with Gasteiger partial charge in [0.15, 0.2) is 0 Å². The Kier molecular flexibility index (Phi) is 4.27. The second kappa shape index (κ2) is 5.93. The van der Waals surface area contributed by atoms with Crippen molar-refractivity contribution in [1.82, 2.24) is 10.6 Å². The lowest BCUT2D eigenvalue weighted by molar-refractivity contribution is 0.0943. The van der Waals surface area contributed by atoms with Gasteiger partial charge in [-0.3, -0.25) is 4.79 Å². The van der Waals surface area contributed by atoms with E-state index in [-0.39, 0.29) is 23.0 Å². The molecular weight excluding hydrogens is 244 g/mol. The molecule has 1 aliphatic rings. The van der Waals surface area contributed by atoms with Gasteiger partial charge in [0, 0.05) is 24.2 Å². The molecule has 0 spiro atoms. The summed E-state index contributed by atoms with van der Waals surface area (Å²) in [6.07, 6.45) is 2.22. The Morgan fingerprint density at radius 2 is 2.00 bits per heavy atom. The van der Waals surface area contributed by atoms with Crippen LogP contribution in [-0.4, -0.2) is 35.3 Å². The van der Waals surface area contributed by atoms with Gasteiger partial charge in [-0.15, -0.1) is 0 Å². The Bertz CT molecular complexity index is 434. The number of nitrogens with one attached hydrogen (secondary N) is 2. The van der Waals surface area contributed by atoms with E-state index in [2.05, 4.69) is 17.6 Å². The number of hydrogen-bond donors (Lipinski definition) is 4. The molecule has 5 nitrogen and oxygen atoms in total. The molecule has 1 aromatic carbocycles. The van der Waals surface area contributed by atoms with Gasteiger partial charge in [-0.05, 0) is 44.4 Å². The predicted molar refractivity (Wildman–Crippen MR) is 72.3 cm³/mol. The smallest absolute Gasteiger partial charge is 0.251 e. The van der Waals surface area contributed by atoms with Crippen molar-refractivity contribution in [3.8, 4) is 11.5 Å². The first-order valence-corrected chi connectivity index (χ1v) is 6.59. The summed E-state index contributed by atoms with van der Waals surface area (Å²) in [5.41, 5.74) is 0.273. The maximum atomic E-state index is 11.9. The Labute approximate surface area is 112 Å². The zero-order valence-electron chi connectivity index (χ0n) is 11.0. The molecule has 19 heavy (non-hydrogen) atoms. The topological polar surface area (TPSA) is 81.6 Å². The van der Waals surface area contributed by atoms with Crippen molar-refractivity contribution in [2.24, 2.45) is 5.92 Å². The van der Waals surface area contributed by atoms with Gasteiger partial charge in [0.05, 0.1) is 0 Å². The fraction of sp³-hybridized carbons (Fsp3) is 0.500. The van der Waals surface area contributed by atoms with E-state index in [9.17, 15) is 15.0 Å². The van der Waals surface area contributed by atoms with E-state index in [1.807, 2.05) is 0 Å². The van der Waals surface area contributed by atoms with Gasteiger partial charge >= 0.3 is 0 Å². The number of aromatic hydroxyl groups is 2. The number of carbonyl (C=O) groups excluding carboxylic acids is 1. The van der Waals surface area contributed by atoms with E-state index in [1.165, 1.54) is 18.2 Å². The molecule has 0 radical (unpaired) electrons. The van der Waals surface area contributed by atoms with Crippen molar-refractivity contribution in [1.29, 1.82) is 0 Å². The lowest BCUT2D eigenvalue weighted by Crippen LogP contribution is -2.41. The lowest BCUT2D eigenvalue weighted by atomic mass is 9.95. The van der Waals surface area contributed by atoms with Crippen molar-refractivity contribution in [2.75, 3.05) is 13.1 Å². The SMILES string of the molecule is CC1CCC(CNC(=O)c2cc(O)cc(O)c2)CN1. The van der Waals surface area contributed by atoms with Crippen molar-refractivity contribution in [3.05, 3.63) is 23.8 Å². The molecule has 104 valence electrons. The first-order valence-electron chi connectivity index (χ1n) is 6.59. The molecule has 4 N–H and O–H groups in total. The van der Waals surface area contributed by atoms with Gasteiger partial charge in [-0.2, -0.15) is 0 Å². The van der Waals surface area contributed by atoms with Crippen LogP contribution in [0, 0.1) is 5.92 Å². The zero-order chi connectivity index (χ0) is 13.8. The van der Waals surface area contributed by atoms with Gasteiger partial charge in [0.2, 0.25) is 0 Å². The van der Waals surface area contributed by atoms with Gasteiger partial charge in [0.1, 0.15) is 11.5 Å². The molecule has 0 aromatic heterocycles. The average Bonchev–Trinajstić information content (AvgIpc) is 2.36. The third-order valence-corrected chi connectivity index (χ3v) is 3.48. The summed E-state index contributed by atoms with van der Waals surface area (Å²) >= 11 is 0. The van der Waals surface area contributed by atoms with Crippen LogP contribution in [0.25, 0.3) is 0 Å². The highest BCUT2D eigenvalue weighted by molar-refractivity contribution is 5.95. The van der Waals surface area contributed by atoms with E-state index in [0.29, 0.717) is 18.5 Å². The summed E-state index contributed by atoms with van der Waals surface area (Å²) in [7, 11) is 0. The summed E-state index contributed by atoms with van der Waals surface area (Å²) in [4.78, 5) is 11.9. The molecule has 0 saturated carbocycles. The van der Waals surface area contributed by atoms with E-state index in [1.54, 1.807) is 0 Å². The minimum Gasteiger partial charge on any atom is -0.508 e. The number of phenolic OH excluding ortho intramolecular Hbond substituents is 2. The minimum atomic E-state index is -0.273. The second-order valence-corrected chi connectivity index (χ2v) is 5.20. The highest BCUT2D eigenvalue weighted by Crippen LogP contribution is 2.20. The van der Waals surface area contributed by atoms with E-state index in [4.69, 9.17) is 0 Å². The molecule has 1 saturated heterocycles. The van der Waals surface area contributed by atoms with Gasteiger partial charge in [-0.1, -0.05) is 0 Å². The molecule has 2 unspecified atom stereocenters. The molecule has 5 heteroatoms. The first kappa shape index (κ1) is 13.7. The van der Waals surface area contributed by atoms with Crippen LogP contribution in [0.4, 0.5) is 0 Å². The van der Waals surface area contributed by atoms with Crippen LogP contribution in [0.2, 0.25) is 0 Å². The van der Waals surface area contributed by atoms with Crippen LogP contribution in [0.15, 0.2) is 18.2 Å². The normalized spacial score (nSPS) is 23.0. The zero-order valence-corrected chi connectivity index (χ0v) is 11.0. The summed E-state index contributed by atoms with van der Waals surface area (Å²) in [5.74, 6) is -0.0625. The number of benzene rings is 1. The largest absolute Gasteiger partial charge is 0.508 e.